The van der Waals surface area contributed by atoms with Gasteiger partial charge in [-0.15, -0.1) is 0 Å². The summed E-state index contributed by atoms with van der Waals surface area (Å²) in [5, 5.41) is 12.4. The van der Waals surface area contributed by atoms with Crippen LogP contribution >= 0.6 is 0 Å². The van der Waals surface area contributed by atoms with Gasteiger partial charge in [0.2, 0.25) is 5.91 Å². The molecule has 0 saturated heterocycles. The maximum Gasteiger partial charge on any atom is 0.230 e. The van der Waals surface area contributed by atoms with Gasteiger partial charge in [0.25, 0.3) is 0 Å². The van der Waals surface area contributed by atoms with Crippen molar-refractivity contribution in [2.24, 2.45) is 5.92 Å². The molecular weight excluding hydrogens is 402 g/mol. The Hall–Kier alpha value is -2.91. The van der Waals surface area contributed by atoms with Crippen molar-refractivity contribution in [1.29, 1.82) is 5.26 Å². The number of nitriles is 1. The first-order valence-corrected chi connectivity index (χ1v) is 11.2. The fourth-order valence-corrected chi connectivity index (χ4v) is 3.60. The molecule has 6 heteroatoms. The molecule has 1 aromatic heterocycles. The lowest BCUT2D eigenvalue weighted by Crippen LogP contribution is -2.45. The third-order valence-electron chi connectivity index (χ3n) is 5.69. The lowest BCUT2D eigenvalue weighted by molar-refractivity contribution is -0.126. The monoisotopic (exact) mass is 437 g/mol. The Morgan fingerprint density at radius 1 is 1.22 bits per heavy atom. The molecule has 1 aromatic carbocycles. The zero-order chi connectivity index (χ0) is 23.6. The second-order valence-electron chi connectivity index (χ2n) is 8.69. The zero-order valence-corrected chi connectivity index (χ0v) is 19.8. The van der Waals surface area contributed by atoms with Gasteiger partial charge in [-0.2, -0.15) is 5.26 Å². The van der Waals surface area contributed by atoms with Crippen molar-refractivity contribution < 1.29 is 14.3 Å². The lowest BCUT2D eigenvalue weighted by atomic mass is 9.90. The van der Waals surface area contributed by atoms with E-state index in [1.54, 1.807) is 25.4 Å². The molecule has 0 aliphatic rings. The number of carbonyl (C=O) groups excluding carboxylic acids is 1. The predicted octanol–water partition coefficient (Wildman–Crippen LogP) is 5.18. The number of methoxy groups -OCH3 is 1. The third kappa shape index (κ3) is 7.06. The minimum Gasteiger partial charge on any atom is -0.493 e. The molecule has 0 bridgehead atoms. The van der Waals surface area contributed by atoms with E-state index in [-0.39, 0.29) is 12.3 Å². The highest BCUT2D eigenvalue weighted by Gasteiger charge is 2.34. The van der Waals surface area contributed by atoms with Gasteiger partial charge in [-0.25, -0.2) is 0 Å². The van der Waals surface area contributed by atoms with E-state index >= 15 is 0 Å². The highest BCUT2D eigenvalue weighted by molar-refractivity contribution is 5.84. The van der Waals surface area contributed by atoms with Crippen LogP contribution in [0.25, 0.3) is 0 Å². The standard InChI is InChI=1S/C26H35N3O3/c1-6-9-19(2)18-32-21-13-11-20(12-14-21)24(26(3,4)31-5)29-25(30)22(15-16-27)23-10-7-8-17-28-23/h7-8,10-14,17,19,22,24H,6,9,15,18H2,1-5H3,(H,29,30)/t19?,22-,24+/m0/s1. The van der Waals surface area contributed by atoms with E-state index < -0.39 is 17.6 Å². The third-order valence-corrected chi connectivity index (χ3v) is 5.69. The Labute approximate surface area is 192 Å². The van der Waals surface area contributed by atoms with Crippen LogP contribution in [0.4, 0.5) is 0 Å². The van der Waals surface area contributed by atoms with Gasteiger partial charge in [0.05, 0.1) is 42.4 Å². The van der Waals surface area contributed by atoms with Crippen molar-refractivity contribution in [3.63, 3.8) is 0 Å². The summed E-state index contributed by atoms with van der Waals surface area (Å²) in [6.07, 6.45) is 3.95. The number of benzene rings is 1. The molecule has 0 saturated carbocycles. The summed E-state index contributed by atoms with van der Waals surface area (Å²) in [5.41, 5.74) is 0.802. The van der Waals surface area contributed by atoms with E-state index in [4.69, 9.17) is 9.47 Å². The minimum absolute atomic E-state index is 0.0473. The fraction of sp³-hybridized carbons (Fsp3) is 0.500. The van der Waals surface area contributed by atoms with Crippen LogP contribution in [0.2, 0.25) is 0 Å². The fourth-order valence-electron chi connectivity index (χ4n) is 3.60. The molecule has 2 aromatic rings. The van der Waals surface area contributed by atoms with Crippen molar-refractivity contribution in [3.05, 3.63) is 59.9 Å². The van der Waals surface area contributed by atoms with Crippen molar-refractivity contribution >= 4 is 5.91 Å². The molecule has 32 heavy (non-hydrogen) atoms. The number of nitrogens with one attached hydrogen (secondary N) is 1. The van der Waals surface area contributed by atoms with Gasteiger partial charge >= 0.3 is 0 Å². The lowest BCUT2D eigenvalue weighted by Gasteiger charge is -2.35. The van der Waals surface area contributed by atoms with E-state index in [1.807, 2.05) is 44.2 Å². The summed E-state index contributed by atoms with van der Waals surface area (Å²) in [5.74, 6) is 0.392. The Morgan fingerprint density at radius 2 is 1.94 bits per heavy atom. The molecule has 0 aliphatic heterocycles. The topological polar surface area (TPSA) is 84.2 Å². The molecular formula is C26H35N3O3. The van der Waals surface area contributed by atoms with Gasteiger partial charge in [-0.3, -0.25) is 9.78 Å². The van der Waals surface area contributed by atoms with Crippen LogP contribution in [0, 0.1) is 17.2 Å². The predicted molar refractivity (Wildman–Crippen MR) is 125 cm³/mol. The molecule has 0 radical (unpaired) electrons. The van der Waals surface area contributed by atoms with Crippen molar-refractivity contribution in [2.75, 3.05) is 13.7 Å². The van der Waals surface area contributed by atoms with Gasteiger partial charge in [0.15, 0.2) is 0 Å². The van der Waals surface area contributed by atoms with E-state index in [1.165, 1.54) is 0 Å². The highest BCUT2D eigenvalue weighted by Crippen LogP contribution is 2.31. The molecule has 1 amide bonds. The molecule has 3 atom stereocenters. The maximum absolute atomic E-state index is 13.2. The Morgan fingerprint density at radius 3 is 2.50 bits per heavy atom. The van der Waals surface area contributed by atoms with Crippen LogP contribution < -0.4 is 10.1 Å². The molecule has 0 fully saturated rings. The van der Waals surface area contributed by atoms with Gasteiger partial charge in [0.1, 0.15) is 5.75 Å². The number of ether oxygens (including phenoxy) is 2. The zero-order valence-electron chi connectivity index (χ0n) is 19.8. The Balaban J connectivity index is 2.21. The summed E-state index contributed by atoms with van der Waals surface area (Å²) in [7, 11) is 1.62. The van der Waals surface area contributed by atoms with Crippen molar-refractivity contribution in [3.8, 4) is 11.8 Å². The number of aromatic nitrogens is 1. The second kappa shape index (κ2) is 12.2. The maximum atomic E-state index is 13.2. The molecule has 6 nitrogen and oxygen atoms in total. The second-order valence-corrected chi connectivity index (χ2v) is 8.69. The molecule has 1 N–H and O–H groups in total. The van der Waals surface area contributed by atoms with Crippen LogP contribution in [0.5, 0.6) is 5.75 Å². The largest absolute Gasteiger partial charge is 0.493 e. The van der Waals surface area contributed by atoms with E-state index in [0.717, 1.165) is 24.2 Å². The highest BCUT2D eigenvalue weighted by atomic mass is 16.5. The van der Waals surface area contributed by atoms with Crippen molar-refractivity contribution in [2.45, 2.75) is 64.5 Å². The van der Waals surface area contributed by atoms with E-state index in [0.29, 0.717) is 18.2 Å². The smallest absolute Gasteiger partial charge is 0.230 e. The molecule has 172 valence electrons. The number of rotatable bonds is 12. The number of amides is 1. The van der Waals surface area contributed by atoms with E-state index in [2.05, 4.69) is 30.2 Å². The number of hydrogen-bond acceptors (Lipinski definition) is 5. The SMILES string of the molecule is CCCC(C)COc1ccc([C@@H](NC(=O)[C@@H](CC#N)c2ccccn2)C(C)(C)OC)cc1. The number of nitrogens with zero attached hydrogens (tertiary/aromatic N) is 2. The van der Waals surface area contributed by atoms with Crippen molar-refractivity contribution in [1.82, 2.24) is 10.3 Å². The molecule has 1 heterocycles. The first kappa shape index (κ1) is 25.4. The Kier molecular flexibility index (Phi) is 9.67. The number of carbonyl (C=O) groups is 1. The van der Waals surface area contributed by atoms with Crippen LogP contribution in [0.15, 0.2) is 48.7 Å². The molecule has 1 unspecified atom stereocenters. The van der Waals surface area contributed by atoms with Gasteiger partial charge in [-0.1, -0.05) is 38.5 Å². The Bertz CT molecular complexity index is 875. The minimum atomic E-state index is -0.672. The van der Waals surface area contributed by atoms with Crippen LogP contribution in [0.1, 0.15) is 70.2 Å². The first-order chi connectivity index (χ1) is 15.3. The molecule has 0 spiro atoms. The molecule has 0 aliphatic carbocycles. The summed E-state index contributed by atoms with van der Waals surface area (Å²) < 4.78 is 11.6. The normalized spacial score (nSPS) is 14.1. The number of pyridine rings is 1. The molecule has 2 rings (SSSR count). The summed E-state index contributed by atoms with van der Waals surface area (Å²) in [4.78, 5) is 17.5. The average Bonchev–Trinajstić information content (AvgIpc) is 2.80. The van der Waals surface area contributed by atoms with Crippen LogP contribution in [-0.4, -0.2) is 30.2 Å². The summed E-state index contributed by atoms with van der Waals surface area (Å²) in [6, 6.07) is 14.8. The van der Waals surface area contributed by atoms with Crippen LogP contribution in [0.3, 0.4) is 0 Å². The average molecular weight is 438 g/mol. The summed E-state index contributed by atoms with van der Waals surface area (Å²) in [6.45, 7) is 8.89. The van der Waals surface area contributed by atoms with E-state index in [9.17, 15) is 10.1 Å². The quantitative estimate of drug-likeness (QED) is 0.495. The number of hydrogen-bond donors (Lipinski definition) is 1. The van der Waals surface area contributed by atoms with Crippen LogP contribution in [-0.2, 0) is 9.53 Å². The summed E-state index contributed by atoms with van der Waals surface area (Å²) >= 11 is 0. The van der Waals surface area contributed by atoms with Gasteiger partial charge in [-0.05, 0) is 56.0 Å². The van der Waals surface area contributed by atoms with Gasteiger partial charge in [0, 0.05) is 13.3 Å². The first-order valence-electron chi connectivity index (χ1n) is 11.2. The van der Waals surface area contributed by atoms with Gasteiger partial charge < -0.3 is 14.8 Å².